The molecule has 1 rings (SSSR count). The normalized spacial score (nSPS) is 27.1. The van der Waals surface area contributed by atoms with Gasteiger partial charge in [-0.05, 0) is 6.08 Å². The molecule has 1 aliphatic rings. The molecule has 1 heterocycles. The largest absolute Gasteiger partial charge is 0.477 e. The smallest absolute Gasteiger partial charge is 0.367 e. The molecule has 94 valence electrons. The number of carboxylic acid groups (broad SMARTS) is 1. The first-order valence-electron chi connectivity index (χ1n) is 5.56. The van der Waals surface area contributed by atoms with E-state index < -0.39 is 18.2 Å². The Morgan fingerprint density at radius 2 is 2.29 bits per heavy atom. The van der Waals surface area contributed by atoms with Crippen molar-refractivity contribution in [2.45, 2.75) is 25.6 Å². The van der Waals surface area contributed by atoms with E-state index in [1.54, 1.807) is 13.0 Å². The van der Waals surface area contributed by atoms with Gasteiger partial charge >= 0.3 is 5.97 Å². The van der Waals surface area contributed by atoms with Crippen LogP contribution in [0.25, 0.3) is 0 Å². The molecule has 0 aromatic rings. The molecular weight excluding hydrogens is 220 g/mol. The molecule has 0 spiro atoms. The van der Waals surface area contributed by atoms with Crippen molar-refractivity contribution in [3.8, 4) is 0 Å². The van der Waals surface area contributed by atoms with Gasteiger partial charge in [0.1, 0.15) is 6.54 Å². The number of carboxylic acids is 1. The second-order valence-corrected chi connectivity index (χ2v) is 4.10. The molecule has 2 N–H and O–H groups in total. The highest BCUT2D eigenvalue weighted by Crippen LogP contribution is 2.27. The zero-order chi connectivity index (χ0) is 13.1. The van der Waals surface area contributed by atoms with Crippen LogP contribution in [0.4, 0.5) is 0 Å². The molecular formula is C12H19N2O3+. The van der Waals surface area contributed by atoms with Crippen LogP contribution in [-0.2, 0) is 4.79 Å². The van der Waals surface area contributed by atoms with Crippen molar-refractivity contribution in [1.29, 1.82) is 0 Å². The second kappa shape index (κ2) is 5.25. The highest BCUT2D eigenvalue weighted by atomic mass is 16.4. The predicted molar refractivity (Wildman–Crippen MR) is 65.5 cm³/mol. The predicted octanol–water partition coefficient (Wildman–Crippen LogP) is 0.769. The van der Waals surface area contributed by atoms with Crippen molar-refractivity contribution in [3.05, 3.63) is 25.3 Å². The van der Waals surface area contributed by atoms with Gasteiger partial charge < -0.3 is 10.2 Å². The van der Waals surface area contributed by atoms with Gasteiger partial charge in [0.25, 0.3) is 0 Å². The zero-order valence-electron chi connectivity index (χ0n) is 10.0. The maximum atomic E-state index is 11.3. The van der Waals surface area contributed by atoms with Gasteiger partial charge in [-0.3, -0.25) is 0 Å². The van der Waals surface area contributed by atoms with E-state index in [9.17, 15) is 15.0 Å². The Morgan fingerprint density at radius 1 is 1.65 bits per heavy atom. The van der Waals surface area contributed by atoms with Gasteiger partial charge in [0, 0.05) is 6.92 Å². The second-order valence-electron chi connectivity index (χ2n) is 4.10. The average molecular weight is 239 g/mol. The lowest BCUT2D eigenvalue weighted by atomic mass is 10.1. The molecule has 0 fully saturated rings. The Labute approximate surface area is 101 Å². The minimum absolute atomic E-state index is 0.0646. The zero-order valence-corrected chi connectivity index (χ0v) is 10.0. The fourth-order valence-electron chi connectivity index (χ4n) is 2.39. The van der Waals surface area contributed by atoms with Crippen molar-refractivity contribution >= 4 is 11.8 Å². The fraction of sp³-hybridized carbons (Fsp3) is 0.500. The molecule has 0 aromatic heterocycles. The number of aliphatic carboxylic acids is 1. The van der Waals surface area contributed by atoms with E-state index >= 15 is 0 Å². The first-order valence-corrected chi connectivity index (χ1v) is 5.56. The van der Waals surface area contributed by atoms with Crippen LogP contribution in [0.2, 0.25) is 0 Å². The van der Waals surface area contributed by atoms with Gasteiger partial charge in [0.15, 0.2) is 6.23 Å². The summed E-state index contributed by atoms with van der Waals surface area (Å²) < 4.78 is -0.0646. The molecule has 0 radical (unpaired) electrons. The van der Waals surface area contributed by atoms with Crippen LogP contribution in [0.1, 0.15) is 13.3 Å². The first kappa shape index (κ1) is 13.6. The summed E-state index contributed by atoms with van der Waals surface area (Å²) in [6.07, 6.45) is 2.67. The molecule has 0 aliphatic carbocycles. The van der Waals surface area contributed by atoms with E-state index in [4.69, 9.17) is 0 Å². The highest BCUT2D eigenvalue weighted by Gasteiger charge is 2.50. The maximum Gasteiger partial charge on any atom is 0.367 e. The van der Waals surface area contributed by atoms with E-state index in [1.165, 1.54) is 6.08 Å². The van der Waals surface area contributed by atoms with Crippen molar-refractivity contribution in [2.75, 3.05) is 13.1 Å². The minimum Gasteiger partial charge on any atom is -0.477 e. The van der Waals surface area contributed by atoms with E-state index in [2.05, 4.69) is 18.2 Å². The van der Waals surface area contributed by atoms with Gasteiger partial charge in [0.05, 0.1) is 13.0 Å². The SMILES string of the molecule is C=CCC1=NCC[N+]1(C(C)O)C(C=C)C(=O)O. The van der Waals surface area contributed by atoms with Crippen LogP contribution in [0.5, 0.6) is 0 Å². The molecule has 3 atom stereocenters. The van der Waals surface area contributed by atoms with Crippen LogP contribution >= 0.6 is 0 Å². The molecule has 17 heavy (non-hydrogen) atoms. The summed E-state index contributed by atoms with van der Waals surface area (Å²) >= 11 is 0. The lowest BCUT2D eigenvalue weighted by Crippen LogP contribution is -2.64. The lowest BCUT2D eigenvalue weighted by Gasteiger charge is -2.40. The van der Waals surface area contributed by atoms with Crippen LogP contribution in [0, 0.1) is 0 Å². The molecule has 0 amide bonds. The van der Waals surface area contributed by atoms with E-state index in [-0.39, 0.29) is 4.48 Å². The molecule has 1 aliphatic heterocycles. The summed E-state index contributed by atoms with van der Waals surface area (Å²) in [6, 6.07) is -0.879. The Hall–Kier alpha value is -1.46. The van der Waals surface area contributed by atoms with E-state index in [0.29, 0.717) is 25.3 Å². The molecule has 3 unspecified atom stereocenters. The van der Waals surface area contributed by atoms with Crippen LogP contribution < -0.4 is 0 Å². The lowest BCUT2D eigenvalue weighted by molar-refractivity contribution is -0.893. The molecule has 5 nitrogen and oxygen atoms in total. The van der Waals surface area contributed by atoms with Crippen molar-refractivity contribution in [2.24, 2.45) is 4.99 Å². The Kier molecular flexibility index (Phi) is 4.20. The number of aliphatic hydroxyl groups excluding tert-OH is 1. The molecule has 0 saturated carbocycles. The van der Waals surface area contributed by atoms with Crippen molar-refractivity contribution in [3.63, 3.8) is 0 Å². The summed E-state index contributed by atoms with van der Waals surface area (Å²) in [5.74, 6) is -0.345. The number of aliphatic hydroxyl groups is 1. The molecule has 5 heteroatoms. The Balaban J connectivity index is 3.22. The number of nitrogens with zero attached hydrogens (tertiary/aromatic N) is 2. The molecule has 0 saturated heterocycles. The minimum atomic E-state index is -1.00. The number of amidine groups is 1. The third-order valence-corrected chi connectivity index (χ3v) is 3.21. The van der Waals surface area contributed by atoms with Crippen LogP contribution in [0.3, 0.4) is 0 Å². The standard InChI is InChI=1S/C12H18N2O3/c1-4-6-11-13-7-8-14(11,9(3)15)10(5-2)12(16)17/h4-5,9-10,15H,1-2,6-8H2,3H3/p+1. The molecule has 0 aromatic carbocycles. The Bertz CT molecular complexity index is 363. The van der Waals surface area contributed by atoms with Gasteiger partial charge in [-0.1, -0.05) is 12.7 Å². The van der Waals surface area contributed by atoms with Crippen molar-refractivity contribution < 1.29 is 19.5 Å². The number of hydrogen-bond acceptors (Lipinski definition) is 3. The topological polar surface area (TPSA) is 69.9 Å². The van der Waals surface area contributed by atoms with Gasteiger partial charge in [-0.2, -0.15) is 0 Å². The van der Waals surface area contributed by atoms with Crippen LogP contribution in [0.15, 0.2) is 30.3 Å². The number of carbonyl (C=O) groups is 1. The third kappa shape index (κ3) is 2.16. The number of aliphatic imine (C=N–C) groups is 1. The monoisotopic (exact) mass is 239 g/mol. The Morgan fingerprint density at radius 3 is 2.71 bits per heavy atom. The summed E-state index contributed by atoms with van der Waals surface area (Å²) in [5.41, 5.74) is 0. The van der Waals surface area contributed by atoms with Gasteiger partial charge in [-0.15, -0.1) is 6.58 Å². The van der Waals surface area contributed by atoms with E-state index in [1.807, 2.05) is 0 Å². The molecule has 0 bridgehead atoms. The first-order chi connectivity index (χ1) is 8.00. The van der Waals surface area contributed by atoms with Crippen LogP contribution in [-0.4, -0.2) is 51.9 Å². The summed E-state index contributed by atoms with van der Waals surface area (Å²) in [6.45, 7) is 9.78. The quantitative estimate of drug-likeness (QED) is 0.531. The summed E-state index contributed by atoms with van der Waals surface area (Å²) in [5, 5.41) is 19.3. The van der Waals surface area contributed by atoms with Crippen molar-refractivity contribution in [1.82, 2.24) is 0 Å². The third-order valence-electron chi connectivity index (χ3n) is 3.21. The van der Waals surface area contributed by atoms with E-state index in [0.717, 1.165) is 0 Å². The summed E-state index contributed by atoms with van der Waals surface area (Å²) in [7, 11) is 0. The highest BCUT2D eigenvalue weighted by molar-refractivity contribution is 5.83. The van der Waals surface area contributed by atoms with Gasteiger partial charge in [-0.25, -0.2) is 14.3 Å². The number of hydrogen-bond donors (Lipinski definition) is 2. The fourth-order valence-corrected chi connectivity index (χ4v) is 2.39. The average Bonchev–Trinajstić information content (AvgIpc) is 2.64. The summed E-state index contributed by atoms with van der Waals surface area (Å²) in [4.78, 5) is 15.6. The van der Waals surface area contributed by atoms with Gasteiger partial charge in [0.2, 0.25) is 11.9 Å². The number of rotatable bonds is 6. The number of quaternary nitrogens is 1. The maximum absolute atomic E-state index is 11.3.